The van der Waals surface area contributed by atoms with Gasteiger partial charge >= 0.3 is 0 Å². The number of benzene rings is 1. The Kier molecular flexibility index (Phi) is 4.18. The van der Waals surface area contributed by atoms with Crippen LogP contribution in [0.1, 0.15) is 6.42 Å². The van der Waals surface area contributed by atoms with Crippen LogP contribution in [0.15, 0.2) is 29.7 Å². The lowest BCUT2D eigenvalue weighted by Gasteiger charge is -2.08. The third-order valence-electron chi connectivity index (χ3n) is 2.66. The number of carbonyl (C=O) groups is 1. The molecule has 1 aliphatic heterocycles. The van der Waals surface area contributed by atoms with Crippen molar-refractivity contribution >= 4 is 44.6 Å². The number of sulfone groups is 1. The first-order valence-corrected chi connectivity index (χ1v) is 7.99. The molecule has 0 aromatic heterocycles. The molecule has 4 nitrogen and oxygen atoms in total. The zero-order valence-electron chi connectivity index (χ0n) is 9.77. The van der Waals surface area contributed by atoms with Crippen molar-refractivity contribution in [3.8, 4) is 0 Å². The van der Waals surface area contributed by atoms with Crippen LogP contribution in [0.2, 0.25) is 10.0 Å². The predicted molar refractivity (Wildman–Crippen MR) is 76.1 cm³/mol. The zero-order valence-corrected chi connectivity index (χ0v) is 12.1. The van der Waals surface area contributed by atoms with Crippen molar-refractivity contribution in [2.45, 2.75) is 6.42 Å². The number of carbonyl (C=O) groups excluding carboxylic acids is 1. The van der Waals surface area contributed by atoms with Gasteiger partial charge in [-0.2, -0.15) is 0 Å². The number of halogens is 2. The molecule has 0 radical (unpaired) electrons. The molecule has 102 valence electrons. The lowest BCUT2D eigenvalue weighted by Crippen LogP contribution is -2.17. The van der Waals surface area contributed by atoms with Crippen LogP contribution in [0.4, 0.5) is 5.69 Å². The third-order valence-corrected chi connectivity index (χ3v) is 4.86. The van der Waals surface area contributed by atoms with Gasteiger partial charge in [0.25, 0.3) is 0 Å². The lowest BCUT2D eigenvalue weighted by atomic mass is 10.1. The van der Waals surface area contributed by atoms with E-state index < -0.39 is 9.84 Å². The molecule has 1 heterocycles. The van der Waals surface area contributed by atoms with Gasteiger partial charge in [0, 0.05) is 23.4 Å². The van der Waals surface area contributed by atoms with Crippen LogP contribution < -0.4 is 5.32 Å². The molecule has 1 atom stereocenters. The Balaban J connectivity index is 1.95. The second-order valence-electron chi connectivity index (χ2n) is 4.30. The highest BCUT2D eigenvalue weighted by molar-refractivity contribution is 7.94. The summed E-state index contributed by atoms with van der Waals surface area (Å²) in [5.74, 6) is -0.542. The first-order valence-electron chi connectivity index (χ1n) is 5.51. The molecule has 1 aromatic carbocycles. The summed E-state index contributed by atoms with van der Waals surface area (Å²) in [7, 11) is -3.13. The SMILES string of the molecule is O=C(CC1C=CS(=O)(=O)C1)Nc1ccc(Cl)c(Cl)c1. The monoisotopic (exact) mass is 319 g/mol. The standard InChI is InChI=1S/C12H11Cl2NO3S/c13-10-2-1-9(6-11(10)14)15-12(16)5-8-3-4-19(17,18)7-8/h1-4,6,8H,5,7H2,(H,15,16). The van der Waals surface area contributed by atoms with Gasteiger partial charge in [-0.25, -0.2) is 8.42 Å². The van der Waals surface area contributed by atoms with E-state index >= 15 is 0 Å². The van der Waals surface area contributed by atoms with Gasteiger partial charge in [0.1, 0.15) is 0 Å². The van der Waals surface area contributed by atoms with Crippen LogP contribution in [0.5, 0.6) is 0 Å². The maximum Gasteiger partial charge on any atom is 0.224 e. The van der Waals surface area contributed by atoms with E-state index in [-0.39, 0.29) is 24.0 Å². The summed E-state index contributed by atoms with van der Waals surface area (Å²) in [5, 5.41) is 4.57. The number of allylic oxidation sites excluding steroid dienone is 1. The number of nitrogens with one attached hydrogen (secondary N) is 1. The van der Waals surface area contributed by atoms with Gasteiger partial charge < -0.3 is 5.32 Å². The minimum atomic E-state index is -3.13. The molecule has 1 N–H and O–H groups in total. The summed E-state index contributed by atoms with van der Waals surface area (Å²) in [6.45, 7) is 0. The van der Waals surface area contributed by atoms with E-state index in [0.717, 1.165) is 5.41 Å². The average Bonchev–Trinajstić information content (AvgIpc) is 2.63. The van der Waals surface area contributed by atoms with Crippen molar-refractivity contribution in [3.05, 3.63) is 39.7 Å². The van der Waals surface area contributed by atoms with Gasteiger partial charge in [-0.3, -0.25) is 4.79 Å². The highest BCUT2D eigenvalue weighted by atomic mass is 35.5. The Bertz CT molecular complexity index is 640. The van der Waals surface area contributed by atoms with Crippen molar-refractivity contribution in [1.29, 1.82) is 0 Å². The van der Waals surface area contributed by atoms with Crippen molar-refractivity contribution in [1.82, 2.24) is 0 Å². The third kappa shape index (κ3) is 3.96. The number of hydrogen-bond donors (Lipinski definition) is 1. The molecule has 19 heavy (non-hydrogen) atoms. The van der Waals surface area contributed by atoms with Gasteiger partial charge in [-0.05, 0) is 18.2 Å². The Hall–Kier alpha value is -1.04. The molecule has 0 saturated heterocycles. The minimum Gasteiger partial charge on any atom is -0.326 e. The van der Waals surface area contributed by atoms with Gasteiger partial charge in [0.2, 0.25) is 5.91 Å². The van der Waals surface area contributed by atoms with E-state index in [1.807, 2.05) is 0 Å². The highest BCUT2D eigenvalue weighted by Crippen LogP contribution is 2.25. The van der Waals surface area contributed by atoms with Crippen molar-refractivity contribution in [2.75, 3.05) is 11.1 Å². The summed E-state index contributed by atoms with van der Waals surface area (Å²) in [4.78, 5) is 11.8. The summed E-state index contributed by atoms with van der Waals surface area (Å²) >= 11 is 11.6. The van der Waals surface area contributed by atoms with E-state index in [1.54, 1.807) is 24.3 Å². The summed E-state index contributed by atoms with van der Waals surface area (Å²) in [5.41, 5.74) is 0.532. The molecule has 0 saturated carbocycles. The topological polar surface area (TPSA) is 63.2 Å². The van der Waals surface area contributed by atoms with Crippen LogP contribution in [0.25, 0.3) is 0 Å². The largest absolute Gasteiger partial charge is 0.326 e. The summed E-state index contributed by atoms with van der Waals surface area (Å²) < 4.78 is 22.4. The Morgan fingerprint density at radius 2 is 2.05 bits per heavy atom. The number of anilines is 1. The second-order valence-corrected chi connectivity index (χ2v) is 7.04. The van der Waals surface area contributed by atoms with Gasteiger partial charge in [-0.15, -0.1) is 0 Å². The molecule has 1 aliphatic rings. The number of hydrogen-bond acceptors (Lipinski definition) is 3. The van der Waals surface area contributed by atoms with Crippen LogP contribution >= 0.6 is 23.2 Å². The van der Waals surface area contributed by atoms with Crippen LogP contribution in [0, 0.1) is 5.92 Å². The number of rotatable bonds is 3. The maximum absolute atomic E-state index is 11.8. The quantitative estimate of drug-likeness (QED) is 0.931. The molecule has 0 spiro atoms. The Labute approximate surface area is 121 Å². The fraction of sp³-hybridized carbons (Fsp3) is 0.250. The predicted octanol–water partition coefficient (Wildman–Crippen LogP) is 2.88. The van der Waals surface area contributed by atoms with Crippen molar-refractivity contribution < 1.29 is 13.2 Å². The van der Waals surface area contributed by atoms with E-state index in [1.165, 1.54) is 0 Å². The molecular formula is C12H11Cl2NO3S. The molecule has 1 unspecified atom stereocenters. The van der Waals surface area contributed by atoms with Gasteiger partial charge in [-0.1, -0.05) is 29.3 Å². The molecule has 0 bridgehead atoms. The fourth-order valence-electron chi connectivity index (χ4n) is 1.79. The van der Waals surface area contributed by atoms with Crippen molar-refractivity contribution in [3.63, 3.8) is 0 Å². The average molecular weight is 320 g/mol. The molecule has 1 aromatic rings. The normalized spacial score (nSPS) is 20.4. The zero-order chi connectivity index (χ0) is 14.0. The van der Waals surface area contributed by atoms with E-state index in [0.29, 0.717) is 15.7 Å². The lowest BCUT2D eigenvalue weighted by molar-refractivity contribution is -0.116. The van der Waals surface area contributed by atoms with E-state index in [9.17, 15) is 13.2 Å². The van der Waals surface area contributed by atoms with Crippen LogP contribution in [-0.4, -0.2) is 20.1 Å². The van der Waals surface area contributed by atoms with Crippen LogP contribution in [-0.2, 0) is 14.6 Å². The van der Waals surface area contributed by atoms with Gasteiger partial charge in [0.05, 0.1) is 15.8 Å². The van der Waals surface area contributed by atoms with Crippen molar-refractivity contribution in [2.24, 2.45) is 5.92 Å². The molecule has 0 fully saturated rings. The smallest absolute Gasteiger partial charge is 0.224 e. The highest BCUT2D eigenvalue weighted by Gasteiger charge is 2.23. The molecule has 2 rings (SSSR count). The minimum absolute atomic E-state index is 0.0121. The first-order chi connectivity index (χ1) is 8.85. The summed E-state index contributed by atoms with van der Waals surface area (Å²) in [6.07, 6.45) is 1.67. The van der Waals surface area contributed by atoms with E-state index in [4.69, 9.17) is 23.2 Å². The van der Waals surface area contributed by atoms with E-state index in [2.05, 4.69) is 5.32 Å². The van der Waals surface area contributed by atoms with Crippen LogP contribution in [0.3, 0.4) is 0 Å². The van der Waals surface area contributed by atoms with Gasteiger partial charge in [0.15, 0.2) is 9.84 Å². The number of amides is 1. The second kappa shape index (κ2) is 5.53. The maximum atomic E-state index is 11.8. The molecule has 0 aliphatic carbocycles. The molecule has 7 heteroatoms. The Morgan fingerprint density at radius 3 is 2.63 bits per heavy atom. The summed E-state index contributed by atoms with van der Waals surface area (Å²) in [6, 6.07) is 4.76. The first kappa shape index (κ1) is 14.4. The molecular weight excluding hydrogens is 309 g/mol. The Morgan fingerprint density at radius 1 is 1.32 bits per heavy atom. The molecule has 1 amide bonds. The fourth-order valence-corrected chi connectivity index (χ4v) is 3.49.